The number of carbonyl (C=O) groups is 3. The third-order valence-electron chi connectivity index (χ3n) is 12.8. The quantitative estimate of drug-likeness (QED) is 0.0261. The Bertz CT molecular complexity index is 2030. The first kappa shape index (κ1) is 77.0. The molecule has 0 bridgehead atoms. The molecule has 0 saturated carbocycles. The second-order valence-electron chi connectivity index (χ2n) is 20.5. The summed E-state index contributed by atoms with van der Waals surface area (Å²) in [6.45, 7) is 6.17. The van der Waals surface area contributed by atoms with Gasteiger partial charge in [0.15, 0.2) is 6.10 Å². The molecule has 0 aliphatic rings. The van der Waals surface area contributed by atoms with Crippen molar-refractivity contribution in [3.8, 4) is 0 Å². The molecule has 0 saturated heterocycles. The molecule has 0 fully saturated rings. The fourth-order valence-electron chi connectivity index (χ4n) is 8.03. The number of hydrogen-bond acceptors (Lipinski definition) is 6. The van der Waals surface area contributed by atoms with Crippen LogP contribution in [0.15, 0.2) is 207 Å². The lowest BCUT2D eigenvalue weighted by Gasteiger charge is -2.18. The molecule has 83 heavy (non-hydrogen) atoms. The third-order valence-corrected chi connectivity index (χ3v) is 12.8. The lowest BCUT2D eigenvalue weighted by molar-refractivity contribution is -0.166. The monoisotopic (exact) mass is 1140 g/mol. The Hall–Kier alpha value is -6.01. The number of hydrogen-bond donors (Lipinski definition) is 0. The summed E-state index contributed by atoms with van der Waals surface area (Å²) in [4.78, 5) is 38.3. The molecular formula is C77H116O6. The Labute approximate surface area is 509 Å². The van der Waals surface area contributed by atoms with Crippen LogP contribution in [0.5, 0.6) is 0 Å². The third kappa shape index (κ3) is 66.7. The number of allylic oxidation sites excluding steroid dienone is 34. The Kier molecular flexibility index (Phi) is 63.5. The van der Waals surface area contributed by atoms with E-state index in [2.05, 4.69) is 215 Å². The maximum Gasteiger partial charge on any atom is 0.306 e. The van der Waals surface area contributed by atoms with Crippen LogP contribution in [0.25, 0.3) is 0 Å². The van der Waals surface area contributed by atoms with Gasteiger partial charge in [-0.2, -0.15) is 0 Å². The van der Waals surface area contributed by atoms with Crippen LogP contribution < -0.4 is 0 Å². The molecule has 0 aromatic carbocycles. The van der Waals surface area contributed by atoms with E-state index in [1.165, 1.54) is 38.5 Å². The van der Waals surface area contributed by atoms with E-state index >= 15 is 0 Å². The zero-order valence-electron chi connectivity index (χ0n) is 52.6. The summed E-state index contributed by atoms with van der Waals surface area (Å²) in [5.41, 5.74) is 0. The Balaban J connectivity index is 4.45. The largest absolute Gasteiger partial charge is 0.462 e. The van der Waals surface area contributed by atoms with E-state index in [-0.39, 0.29) is 44.0 Å². The average Bonchev–Trinajstić information content (AvgIpc) is 3.49. The number of ether oxygens (including phenoxy) is 3. The van der Waals surface area contributed by atoms with Gasteiger partial charge in [0, 0.05) is 19.3 Å². The van der Waals surface area contributed by atoms with Crippen molar-refractivity contribution in [3.63, 3.8) is 0 Å². The van der Waals surface area contributed by atoms with Crippen molar-refractivity contribution in [1.82, 2.24) is 0 Å². The first-order chi connectivity index (χ1) is 41.0. The van der Waals surface area contributed by atoms with Crippen molar-refractivity contribution in [3.05, 3.63) is 207 Å². The molecule has 0 rings (SSSR count). The molecular weight excluding hydrogens is 1020 g/mol. The van der Waals surface area contributed by atoms with Gasteiger partial charge >= 0.3 is 17.9 Å². The molecule has 0 aromatic heterocycles. The van der Waals surface area contributed by atoms with Crippen LogP contribution in [0, 0.1) is 0 Å². The maximum atomic E-state index is 12.9. The van der Waals surface area contributed by atoms with E-state index in [9.17, 15) is 14.4 Å². The summed E-state index contributed by atoms with van der Waals surface area (Å²) in [6.07, 6.45) is 106. The molecule has 0 aliphatic carbocycles. The minimum atomic E-state index is -0.847. The summed E-state index contributed by atoms with van der Waals surface area (Å²) in [7, 11) is 0. The Morgan fingerprint density at radius 3 is 0.771 bits per heavy atom. The van der Waals surface area contributed by atoms with Crippen LogP contribution in [-0.4, -0.2) is 37.2 Å². The van der Waals surface area contributed by atoms with Gasteiger partial charge in [-0.05, 0) is 154 Å². The van der Waals surface area contributed by atoms with Crippen LogP contribution in [0.4, 0.5) is 0 Å². The highest BCUT2D eigenvalue weighted by atomic mass is 16.6. The normalized spacial score (nSPS) is 13.5. The molecule has 6 nitrogen and oxygen atoms in total. The minimum absolute atomic E-state index is 0.132. The molecule has 0 aromatic rings. The maximum absolute atomic E-state index is 12.9. The molecule has 0 amide bonds. The van der Waals surface area contributed by atoms with Crippen molar-refractivity contribution >= 4 is 17.9 Å². The first-order valence-electron chi connectivity index (χ1n) is 32.6. The zero-order chi connectivity index (χ0) is 59.9. The fourth-order valence-corrected chi connectivity index (χ4v) is 8.03. The van der Waals surface area contributed by atoms with Crippen molar-refractivity contribution in [1.29, 1.82) is 0 Å². The summed E-state index contributed by atoms with van der Waals surface area (Å²) < 4.78 is 16.8. The highest BCUT2D eigenvalue weighted by Crippen LogP contribution is 2.13. The molecule has 0 spiro atoms. The van der Waals surface area contributed by atoms with Crippen LogP contribution in [0.3, 0.4) is 0 Å². The lowest BCUT2D eigenvalue weighted by Crippen LogP contribution is -2.30. The number of carbonyl (C=O) groups excluding carboxylic acids is 3. The molecule has 0 heterocycles. The lowest BCUT2D eigenvalue weighted by atomic mass is 10.1. The summed E-state index contributed by atoms with van der Waals surface area (Å²) in [5, 5.41) is 0. The number of unbranched alkanes of at least 4 members (excludes halogenated alkanes) is 11. The van der Waals surface area contributed by atoms with Gasteiger partial charge in [0.05, 0.1) is 0 Å². The molecule has 1 atom stereocenters. The van der Waals surface area contributed by atoms with E-state index < -0.39 is 6.10 Å². The number of esters is 3. The van der Waals surface area contributed by atoms with E-state index in [0.717, 1.165) is 148 Å². The second-order valence-corrected chi connectivity index (χ2v) is 20.5. The van der Waals surface area contributed by atoms with Gasteiger partial charge in [-0.15, -0.1) is 0 Å². The average molecular weight is 1140 g/mol. The van der Waals surface area contributed by atoms with E-state index in [4.69, 9.17) is 14.2 Å². The van der Waals surface area contributed by atoms with Crippen LogP contribution in [0.2, 0.25) is 0 Å². The van der Waals surface area contributed by atoms with Gasteiger partial charge in [-0.3, -0.25) is 14.4 Å². The topological polar surface area (TPSA) is 78.9 Å². The zero-order valence-corrected chi connectivity index (χ0v) is 52.6. The van der Waals surface area contributed by atoms with Crippen LogP contribution in [-0.2, 0) is 28.6 Å². The van der Waals surface area contributed by atoms with E-state index in [0.29, 0.717) is 19.3 Å². The van der Waals surface area contributed by atoms with Gasteiger partial charge in [0.2, 0.25) is 0 Å². The van der Waals surface area contributed by atoms with Gasteiger partial charge in [-0.25, -0.2) is 0 Å². The first-order valence-corrected chi connectivity index (χ1v) is 32.6. The highest BCUT2D eigenvalue weighted by Gasteiger charge is 2.19. The number of rotatable bonds is 56. The molecule has 460 valence electrons. The summed E-state index contributed by atoms with van der Waals surface area (Å²) in [6, 6.07) is 0. The predicted molar refractivity (Wildman–Crippen MR) is 361 cm³/mol. The fraction of sp³-hybridized carbons (Fsp3) is 0.519. The molecule has 1 unspecified atom stereocenters. The standard InChI is InChI=1S/C77H116O6/c1-4-7-10-13-16-19-22-25-27-29-31-33-34-35-36-37-38-39-40-41-42-44-45-47-49-52-55-58-61-64-67-70-76(79)82-73-74(72-81-75(78)69-66-63-60-57-54-51-24-21-18-15-12-9-6-3)83-77(80)71-68-65-62-59-56-53-50-48-46-43-32-30-28-26-23-20-17-14-11-8-5-2/h7-12,16-21,25-28,31-33,35-36,38-39,41-43,48,50-51,54,56,59-60,63,74H,4-6,13-15,22-24,29-30,34,37,40,44-47,49,52-53,55,57-58,61-62,64-73H2,1-3H3/b10-7-,11-8-,12-9-,19-16-,20-17-,21-18-,27-25-,28-26-,33-31-,36-35-,39-38-,42-41-,43-32-,50-48-,54-51-,59-56-,63-60-. The van der Waals surface area contributed by atoms with Crippen LogP contribution >= 0.6 is 0 Å². The van der Waals surface area contributed by atoms with Crippen molar-refractivity contribution in [2.24, 2.45) is 0 Å². The summed E-state index contributed by atoms with van der Waals surface area (Å²) in [5.74, 6) is -1.08. The van der Waals surface area contributed by atoms with Crippen molar-refractivity contribution < 1.29 is 28.6 Å². The SMILES string of the molecule is CC/C=C\C/C=C\C/C=C\C/C=C\C/C=C\C/C=C\C/C=C\CCCCCCCCCCCC(=O)OCC(COC(=O)CC/C=C\C/C=C\C/C=C\C/C=C\CC)OC(=O)CCCC/C=C\C/C=C\C/C=C\C/C=C\C/C=C\C/C=C\CC. The van der Waals surface area contributed by atoms with Crippen molar-refractivity contribution in [2.45, 2.75) is 245 Å². The Morgan fingerprint density at radius 2 is 0.458 bits per heavy atom. The van der Waals surface area contributed by atoms with E-state index in [1.807, 2.05) is 12.2 Å². The Morgan fingerprint density at radius 1 is 0.241 bits per heavy atom. The van der Waals surface area contributed by atoms with Gasteiger partial charge in [0.25, 0.3) is 0 Å². The smallest absolute Gasteiger partial charge is 0.306 e. The predicted octanol–water partition coefficient (Wildman–Crippen LogP) is 22.8. The van der Waals surface area contributed by atoms with Crippen molar-refractivity contribution in [2.75, 3.05) is 13.2 Å². The minimum Gasteiger partial charge on any atom is -0.462 e. The van der Waals surface area contributed by atoms with Gasteiger partial charge in [-0.1, -0.05) is 272 Å². The second kappa shape index (κ2) is 68.5. The molecule has 0 N–H and O–H groups in total. The van der Waals surface area contributed by atoms with Gasteiger partial charge < -0.3 is 14.2 Å². The highest BCUT2D eigenvalue weighted by molar-refractivity contribution is 5.71. The molecule has 0 radical (unpaired) electrons. The van der Waals surface area contributed by atoms with Gasteiger partial charge in [0.1, 0.15) is 13.2 Å². The molecule has 0 aliphatic heterocycles. The summed E-state index contributed by atoms with van der Waals surface area (Å²) >= 11 is 0. The van der Waals surface area contributed by atoms with E-state index in [1.54, 1.807) is 0 Å². The van der Waals surface area contributed by atoms with Crippen LogP contribution in [0.1, 0.15) is 239 Å². The molecule has 6 heteroatoms.